The molecule has 4 heteroatoms. The van der Waals surface area contributed by atoms with E-state index in [1.165, 1.54) is 56.9 Å². The second kappa shape index (κ2) is 15.2. The zero-order chi connectivity index (χ0) is 29.3. The zero-order valence-corrected chi connectivity index (χ0v) is 26.5. The molecule has 0 aliphatic heterocycles. The zero-order valence-electron chi connectivity index (χ0n) is 26.5. The molecule has 3 fully saturated rings. The minimum atomic E-state index is -1.01. The number of allylic oxidation sites excluding steroid dienone is 4. The Labute approximate surface area is 245 Å². The summed E-state index contributed by atoms with van der Waals surface area (Å²) in [6.07, 6.45) is 21.3. The quantitative estimate of drug-likeness (QED) is 0.165. The van der Waals surface area contributed by atoms with Crippen molar-refractivity contribution in [2.45, 2.75) is 162 Å². The minimum absolute atomic E-state index is 0.172. The van der Waals surface area contributed by atoms with Crippen molar-refractivity contribution in [3.8, 4) is 0 Å². The Kier molecular flexibility index (Phi) is 12.6. The third-order valence-corrected chi connectivity index (χ3v) is 10.5. The van der Waals surface area contributed by atoms with Crippen molar-refractivity contribution in [3.05, 3.63) is 35.5 Å². The van der Waals surface area contributed by atoms with Gasteiger partial charge in [-0.15, -0.1) is 0 Å². The molecule has 3 rings (SSSR count). The van der Waals surface area contributed by atoms with Gasteiger partial charge < -0.3 is 14.9 Å². The average Bonchev–Trinajstić information content (AvgIpc) is 3.25. The molecule has 0 aromatic rings. The lowest BCUT2D eigenvalue weighted by Crippen LogP contribution is -2.36. The molecule has 2 unspecified atom stereocenters. The van der Waals surface area contributed by atoms with Crippen LogP contribution in [-0.4, -0.2) is 34.0 Å². The van der Waals surface area contributed by atoms with Crippen LogP contribution < -0.4 is 0 Å². The molecular formula is C36H60O4. The van der Waals surface area contributed by atoms with E-state index in [0.717, 1.165) is 56.4 Å². The Bertz CT molecular complexity index is 893. The number of hydrogen-bond acceptors (Lipinski definition) is 4. The fourth-order valence-corrected chi connectivity index (χ4v) is 8.06. The lowest BCUT2D eigenvalue weighted by molar-refractivity contribution is -0.160. The summed E-state index contributed by atoms with van der Waals surface area (Å²) in [5.74, 6) is 1.64. The lowest BCUT2D eigenvalue weighted by Gasteiger charge is -2.44. The minimum Gasteiger partial charge on any atom is -0.460 e. The van der Waals surface area contributed by atoms with Crippen molar-refractivity contribution in [3.63, 3.8) is 0 Å². The first kappa shape index (κ1) is 33.1. The van der Waals surface area contributed by atoms with E-state index in [4.69, 9.17) is 4.74 Å². The summed E-state index contributed by atoms with van der Waals surface area (Å²) in [6.45, 7) is 15.3. The van der Waals surface area contributed by atoms with Crippen molar-refractivity contribution in [1.29, 1.82) is 0 Å². The summed E-state index contributed by atoms with van der Waals surface area (Å²) in [5.41, 5.74) is 3.75. The van der Waals surface area contributed by atoms with Crippen LogP contribution in [0.25, 0.3) is 0 Å². The van der Waals surface area contributed by atoms with Crippen LogP contribution >= 0.6 is 0 Å². The van der Waals surface area contributed by atoms with Gasteiger partial charge >= 0.3 is 5.97 Å². The molecule has 6 atom stereocenters. The van der Waals surface area contributed by atoms with Gasteiger partial charge in [-0.2, -0.15) is 0 Å². The van der Waals surface area contributed by atoms with E-state index < -0.39 is 17.7 Å². The first-order chi connectivity index (χ1) is 18.9. The summed E-state index contributed by atoms with van der Waals surface area (Å²) in [7, 11) is 0. The van der Waals surface area contributed by atoms with E-state index in [0.29, 0.717) is 30.1 Å². The summed E-state index contributed by atoms with van der Waals surface area (Å²) >= 11 is 0. The van der Waals surface area contributed by atoms with E-state index >= 15 is 0 Å². The number of ether oxygens (including phenoxy) is 1. The number of hydrogen-bond donors (Lipinski definition) is 2. The van der Waals surface area contributed by atoms with Gasteiger partial charge in [0.25, 0.3) is 0 Å². The topological polar surface area (TPSA) is 66.8 Å². The van der Waals surface area contributed by atoms with Crippen molar-refractivity contribution >= 4 is 5.97 Å². The predicted octanol–water partition coefficient (Wildman–Crippen LogP) is 9.01. The number of carbonyl (C=O) groups is 1. The van der Waals surface area contributed by atoms with Gasteiger partial charge in [0.15, 0.2) is 6.10 Å². The number of aliphatic hydroxyl groups is 2. The summed E-state index contributed by atoms with van der Waals surface area (Å²) in [4.78, 5) is 12.5. The standard InChI is InChI=1S/C36H60O4/c1-7-8-9-10-11-16-33(37)34(38)40-30-20-17-26(2)29(25-30)19-18-28-15-13-24-36(6)31(21-22-32(28)36)27(3)14-12-23-35(4,5)39/h18-19,27,30-33,37,39H,2,7-17,20-25H2,1,3-6H3/b28-18?,29-19-/t27-,30+,31-,32?,33?,36-/m1/s1. The number of unbranched alkanes of at least 4 members (excludes halogenated alkanes) is 4. The van der Waals surface area contributed by atoms with Gasteiger partial charge in [-0.25, -0.2) is 4.79 Å². The van der Waals surface area contributed by atoms with Crippen LogP contribution in [-0.2, 0) is 9.53 Å². The van der Waals surface area contributed by atoms with Gasteiger partial charge in [-0.05, 0) is 100 Å². The third kappa shape index (κ3) is 9.31. The normalized spacial score (nSPS) is 30.9. The monoisotopic (exact) mass is 556 g/mol. The Morgan fingerprint density at radius 1 is 1.10 bits per heavy atom. The molecule has 228 valence electrons. The first-order valence-electron chi connectivity index (χ1n) is 16.6. The van der Waals surface area contributed by atoms with Crippen LogP contribution in [0.5, 0.6) is 0 Å². The number of aliphatic hydroxyl groups excluding tert-OH is 1. The highest BCUT2D eigenvalue weighted by Crippen LogP contribution is 2.60. The maximum atomic E-state index is 12.5. The van der Waals surface area contributed by atoms with Crippen molar-refractivity contribution in [2.24, 2.45) is 23.2 Å². The molecule has 40 heavy (non-hydrogen) atoms. The highest BCUT2D eigenvalue weighted by atomic mass is 16.6. The van der Waals surface area contributed by atoms with E-state index in [1.807, 2.05) is 13.8 Å². The molecule has 0 amide bonds. The molecule has 3 saturated carbocycles. The Morgan fingerprint density at radius 2 is 1.85 bits per heavy atom. The van der Waals surface area contributed by atoms with Gasteiger partial charge in [0.05, 0.1) is 5.60 Å². The van der Waals surface area contributed by atoms with E-state index in [9.17, 15) is 15.0 Å². The fourth-order valence-electron chi connectivity index (χ4n) is 8.06. The number of esters is 1. The number of fused-ring (bicyclic) bond motifs is 1. The first-order valence-corrected chi connectivity index (χ1v) is 16.6. The van der Waals surface area contributed by atoms with Crippen molar-refractivity contribution in [2.75, 3.05) is 0 Å². The van der Waals surface area contributed by atoms with Gasteiger partial charge in [-0.1, -0.05) is 95.6 Å². The van der Waals surface area contributed by atoms with Crippen LogP contribution in [0.15, 0.2) is 35.5 Å². The Morgan fingerprint density at radius 3 is 2.58 bits per heavy atom. The van der Waals surface area contributed by atoms with Crippen LogP contribution in [0.1, 0.15) is 144 Å². The second-order valence-electron chi connectivity index (χ2n) is 14.3. The second-order valence-corrected chi connectivity index (χ2v) is 14.3. The third-order valence-electron chi connectivity index (χ3n) is 10.5. The van der Waals surface area contributed by atoms with Crippen molar-refractivity contribution < 1.29 is 19.7 Å². The predicted molar refractivity (Wildman–Crippen MR) is 166 cm³/mol. The SMILES string of the molecule is C=C1CC[C@H](OC(=O)C(O)CCCCCCC)C/C1=C/C=C1CCC[C@@]2(C)C1CC[C@@H]2[C@H](C)CCCC(C)(C)O. The molecule has 3 aliphatic carbocycles. The van der Waals surface area contributed by atoms with Gasteiger partial charge in [0.1, 0.15) is 6.10 Å². The van der Waals surface area contributed by atoms with Gasteiger partial charge in [0, 0.05) is 6.42 Å². The molecular weight excluding hydrogens is 496 g/mol. The fraction of sp³-hybridized carbons (Fsp3) is 0.806. The molecule has 0 heterocycles. The van der Waals surface area contributed by atoms with Crippen LogP contribution in [0.3, 0.4) is 0 Å². The van der Waals surface area contributed by atoms with Gasteiger partial charge in [-0.3, -0.25) is 0 Å². The summed E-state index contributed by atoms with van der Waals surface area (Å²) in [6, 6.07) is 0. The van der Waals surface area contributed by atoms with Crippen LogP contribution in [0, 0.1) is 23.2 Å². The molecule has 0 aromatic carbocycles. The Balaban J connectivity index is 1.57. The summed E-state index contributed by atoms with van der Waals surface area (Å²) < 4.78 is 5.77. The highest BCUT2D eigenvalue weighted by molar-refractivity contribution is 5.74. The van der Waals surface area contributed by atoms with E-state index in [2.05, 4.69) is 39.5 Å². The molecule has 0 bridgehead atoms. The molecule has 0 aromatic heterocycles. The smallest absolute Gasteiger partial charge is 0.335 e. The lowest BCUT2D eigenvalue weighted by atomic mass is 9.60. The van der Waals surface area contributed by atoms with Crippen LogP contribution in [0.2, 0.25) is 0 Å². The number of rotatable bonds is 14. The largest absolute Gasteiger partial charge is 0.460 e. The number of carbonyl (C=O) groups excluding carboxylic acids is 1. The maximum absolute atomic E-state index is 12.5. The summed E-state index contributed by atoms with van der Waals surface area (Å²) in [5, 5.41) is 20.5. The average molecular weight is 557 g/mol. The molecule has 0 saturated heterocycles. The maximum Gasteiger partial charge on any atom is 0.335 e. The highest BCUT2D eigenvalue weighted by Gasteiger charge is 2.50. The van der Waals surface area contributed by atoms with E-state index in [-0.39, 0.29) is 6.10 Å². The van der Waals surface area contributed by atoms with Gasteiger partial charge in [0.2, 0.25) is 0 Å². The molecule has 2 N–H and O–H groups in total. The molecule has 0 spiro atoms. The molecule has 0 radical (unpaired) electrons. The molecule has 4 nitrogen and oxygen atoms in total. The van der Waals surface area contributed by atoms with Crippen LogP contribution in [0.4, 0.5) is 0 Å². The van der Waals surface area contributed by atoms with E-state index in [1.54, 1.807) is 5.57 Å². The Hall–Kier alpha value is -1.39. The van der Waals surface area contributed by atoms with Crippen molar-refractivity contribution in [1.82, 2.24) is 0 Å². The molecule has 3 aliphatic rings.